The second-order valence-electron chi connectivity index (χ2n) is 7.23. The highest BCUT2D eigenvalue weighted by molar-refractivity contribution is 5.91. The molecule has 0 atom stereocenters. The van der Waals surface area contributed by atoms with Crippen molar-refractivity contribution in [3.63, 3.8) is 0 Å². The Morgan fingerprint density at radius 1 is 1.00 bits per heavy atom. The molecule has 0 heterocycles. The van der Waals surface area contributed by atoms with Gasteiger partial charge in [-0.1, -0.05) is 26.0 Å². The van der Waals surface area contributed by atoms with Crippen LogP contribution in [0.3, 0.4) is 0 Å². The molecule has 27 heavy (non-hydrogen) atoms. The van der Waals surface area contributed by atoms with Gasteiger partial charge in [-0.3, -0.25) is 4.79 Å². The minimum atomic E-state index is 0.0348. The van der Waals surface area contributed by atoms with Crippen LogP contribution in [0.2, 0.25) is 0 Å². The maximum atomic E-state index is 11.9. The fourth-order valence-electron chi connectivity index (χ4n) is 2.67. The van der Waals surface area contributed by atoms with Gasteiger partial charge < -0.3 is 20.1 Å². The lowest BCUT2D eigenvalue weighted by Crippen LogP contribution is -2.13. The fraction of sp³-hybridized carbons (Fsp3) is 0.409. The summed E-state index contributed by atoms with van der Waals surface area (Å²) in [5.74, 6) is 1.83. The van der Waals surface area contributed by atoms with Gasteiger partial charge in [-0.15, -0.1) is 0 Å². The Morgan fingerprint density at radius 3 is 2.41 bits per heavy atom. The molecular weight excluding hydrogens is 340 g/mol. The molecule has 5 nitrogen and oxygen atoms in total. The summed E-state index contributed by atoms with van der Waals surface area (Å²) in [5.41, 5.74) is 2.82. The second kappa shape index (κ2) is 9.86. The molecule has 0 radical (unpaired) electrons. The third-order valence-electron chi connectivity index (χ3n) is 3.83. The Hall–Kier alpha value is -2.69. The maximum Gasteiger partial charge on any atom is 0.224 e. The summed E-state index contributed by atoms with van der Waals surface area (Å²) in [7, 11) is 1.64. The number of hydrogen-bond acceptors (Lipinski definition) is 4. The van der Waals surface area contributed by atoms with Crippen molar-refractivity contribution in [1.29, 1.82) is 0 Å². The quantitative estimate of drug-likeness (QED) is 0.646. The zero-order valence-electron chi connectivity index (χ0n) is 16.8. The van der Waals surface area contributed by atoms with Crippen LogP contribution in [0.4, 0.5) is 11.4 Å². The smallest absolute Gasteiger partial charge is 0.224 e. The van der Waals surface area contributed by atoms with Crippen LogP contribution in [0.15, 0.2) is 42.5 Å². The summed E-state index contributed by atoms with van der Waals surface area (Å²) in [5, 5.41) is 6.32. The summed E-state index contributed by atoms with van der Waals surface area (Å²) in [6.07, 6.45) is 0.610. The van der Waals surface area contributed by atoms with E-state index in [0.29, 0.717) is 18.9 Å². The molecule has 1 amide bonds. The van der Waals surface area contributed by atoms with Crippen molar-refractivity contribution in [2.75, 3.05) is 17.7 Å². The van der Waals surface area contributed by atoms with Gasteiger partial charge in [0.15, 0.2) is 11.5 Å². The van der Waals surface area contributed by atoms with Gasteiger partial charge in [0.2, 0.25) is 5.91 Å². The summed E-state index contributed by atoms with van der Waals surface area (Å²) >= 11 is 0. The minimum Gasteiger partial charge on any atom is -0.493 e. The monoisotopic (exact) mass is 370 g/mol. The van der Waals surface area contributed by atoms with E-state index in [9.17, 15) is 4.79 Å². The molecule has 2 aromatic carbocycles. The number of anilines is 2. The zero-order chi connectivity index (χ0) is 19.8. The molecule has 0 unspecified atom stereocenters. The third kappa shape index (κ3) is 6.85. The van der Waals surface area contributed by atoms with E-state index in [1.807, 2.05) is 70.2 Å². The lowest BCUT2D eigenvalue weighted by atomic mass is 10.1. The van der Waals surface area contributed by atoms with Crippen LogP contribution in [-0.4, -0.2) is 19.1 Å². The van der Waals surface area contributed by atoms with Crippen LogP contribution < -0.4 is 20.1 Å². The number of benzene rings is 2. The predicted octanol–water partition coefficient (Wildman–Crippen LogP) is 5.08. The third-order valence-corrected chi connectivity index (χ3v) is 3.83. The lowest BCUT2D eigenvalue weighted by molar-refractivity contribution is -0.116. The van der Waals surface area contributed by atoms with E-state index in [0.717, 1.165) is 28.4 Å². The van der Waals surface area contributed by atoms with Gasteiger partial charge in [0.05, 0.1) is 13.2 Å². The van der Waals surface area contributed by atoms with Crippen LogP contribution in [0.25, 0.3) is 0 Å². The van der Waals surface area contributed by atoms with Crippen molar-refractivity contribution in [2.45, 2.75) is 46.8 Å². The Bertz CT molecular complexity index is 757. The van der Waals surface area contributed by atoms with Crippen LogP contribution in [-0.2, 0) is 11.3 Å². The van der Waals surface area contributed by atoms with Crippen molar-refractivity contribution < 1.29 is 14.3 Å². The average molecular weight is 370 g/mol. The van der Waals surface area contributed by atoms with Gasteiger partial charge in [0.25, 0.3) is 0 Å². The molecule has 0 aromatic heterocycles. The maximum absolute atomic E-state index is 11.9. The average Bonchev–Trinajstić information content (AvgIpc) is 2.60. The first-order chi connectivity index (χ1) is 12.9. The molecule has 5 heteroatoms. The SMILES string of the molecule is COc1cc(CNc2cccc(NC(=O)CC(C)C)c2)ccc1OC(C)C. The number of ether oxygens (including phenoxy) is 2. The molecule has 0 spiro atoms. The molecule has 2 rings (SSSR count). The Labute approximate surface area is 162 Å². The normalized spacial score (nSPS) is 10.8. The molecule has 2 aromatic rings. The number of hydrogen-bond donors (Lipinski definition) is 2. The first-order valence-electron chi connectivity index (χ1n) is 9.34. The Morgan fingerprint density at radius 2 is 1.74 bits per heavy atom. The lowest BCUT2D eigenvalue weighted by Gasteiger charge is -2.15. The van der Waals surface area contributed by atoms with E-state index in [1.54, 1.807) is 7.11 Å². The van der Waals surface area contributed by atoms with E-state index < -0.39 is 0 Å². The van der Waals surface area contributed by atoms with Crippen molar-refractivity contribution in [3.8, 4) is 11.5 Å². The largest absolute Gasteiger partial charge is 0.493 e. The van der Waals surface area contributed by atoms with Crippen molar-refractivity contribution >= 4 is 17.3 Å². The summed E-state index contributed by atoms with van der Waals surface area (Å²) in [4.78, 5) is 11.9. The number of rotatable bonds is 9. The number of amides is 1. The van der Waals surface area contributed by atoms with E-state index in [4.69, 9.17) is 9.47 Å². The van der Waals surface area contributed by atoms with Crippen LogP contribution in [0.5, 0.6) is 11.5 Å². The summed E-state index contributed by atoms with van der Waals surface area (Å²) < 4.78 is 11.2. The van der Waals surface area contributed by atoms with E-state index in [1.165, 1.54) is 0 Å². The topological polar surface area (TPSA) is 59.6 Å². The van der Waals surface area contributed by atoms with Gasteiger partial charge in [0, 0.05) is 24.3 Å². The molecule has 0 saturated carbocycles. The molecule has 146 valence electrons. The minimum absolute atomic E-state index is 0.0348. The predicted molar refractivity (Wildman–Crippen MR) is 111 cm³/mol. The summed E-state index contributed by atoms with van der Waals surface area (Å²) in [6, 6.07) is 13.6. The highest BCUT2D eigenvalue weighted by atomic mass is 16.5. The summed E-state index contributed by atoms with van der Waals surface area (Å²) in [6.45, 7) is 8.68. The standard InChI is InChI=1S/C22H30N2O3/c1-15(2)11-22(25)24-19-8-6-7-18(13-19)23-14-17-9-10-20(27-16(3)4)21(12-17)26-5/h6-10,12-13,15-16,23H,11,14H2,1-5H3,(H,24,25). The second-order valence-corrected chi connectivity index (χ2v) is 7.23. The van der Waals surface area contributed by atoms with Gasteiger partial charge in [0.1, 0.15) is 0 Å². The fourth-order valence-corrected chi connectivity index (χ4v) is 2.67. The zero-order valence-corrected chi connectivity index (χ0v) is 16.8. The van der Waals surface area contributed by atoms with Crippen molar-refractivity contribution in [3.05, 3.63) is 48.0 Å². The van der Waals surface area contributed by atoms with Crippen LogP contribution in [0, 0.1) is 5.92 Å². The molecule has 0 aliphatic carbocycles. The molecule has 0 fully saturated rings. The highest BCUT2D eigenvalue weighted by Crippen LogP contribution is 2.29. The Balaban J connectivity index is 2.00. The van der Waals surface area contributed by atoms with Gasteiger partial charge >= 0.3 is 0 Å². The molecule has 0 aliphatic heterocycles. The number of carbonyl (C=O) groups is 1. The number of carbonyl (C=O) groups excluding carboxylic acids is 1. The molecule has 0 aliphatic rings. The van der Waals surface area contributed by atoms with Gasteiger partial charge in [-0.25, -0.2) is 0 Å². The van der Waals surface area contributed by atoms with E-state index in [-0.39, 0.29) is 12.0 Å². The molecule has 2 N–H and O–H groups in total. The van der Waals surface area contributed by atoms with Crippen molar-refractivity contribution in [2.24, 2.45) is 5.92 Å². The van der Waals surface area contributed by atoms with E-state index in [2.05, 4.69) is 10.6 Å². The van der Waals surface area contributed by atoms with Crippen LogP contribution >= 0.6 is 0 Å². The molecule has 0 saturated heterocycles. The Kier molecular flexibility index (Phi) is 7.53. The van der Waals surface area contributed by atoms with Crippen LogP contribution in [0.1, 0.15) is 39.7 Å². The first-order valence-corrected chi connectivity index (χ1v) is 9.34. The highest BCUT2D eigenvalue weighted by Gasteiger charge is 2.08. The molecular formula is C22H30N2O3. The van der Waals surface area contributed by atoms with Gasteiger partial charge in [-0.05, 0) is 55.7 Å². The van der Waals surface area contributed by atoms with Gasteiger partial charge in [-0.2, -0.15) is 0 Å². The number of methoxy groups -OCH3 is 1. The van der Waals surface area contributed by atoms with E-state index >= 15 is 0 Å². The first kappa shape index (κ1) is 20.6. The molecule has 0 bridgehead atoms. The van der Waals surface area contributed by atoms with Crippen molar-refractivity contribution in [1.82, 2.24) is 0 Å². The number of nitrogens with one attached hydrogen (secondary N) is 2.